The molecule has 0 amide bonds. The quantitative estimate of drug-likeness (QED) is 0.914. The molecule has 1 aromatic carbocycles. The number of benzene rings is 1. The van der Waals surface area contributed by atoms with Crippen LogP contribution in [0.1, 0.15) is 15.2 Å². The Hall–Kier alpha value is -1.23. The van der Waals surface area contributed by atoms with Gasteiger partial charge in [0.05, 0.1) is 0 Å². The molecular formula is C12H8Cl2O3S. The summed E-state index contributed by atoms with van der Waals surface area (Å²) in [5.41, 5.74) is 0.923. The number of thiophene rings is 1. The summed E-state index contributed by atoms with van der Waals surface area (Å²) in [6.07, 6.45) is 0. The largest absolute Gasteiger partial charge is 0.485 e. The van der Waals surface area contributed by atoms with E-state index < -0.39 is 5.97 Å². The number of rotatable bonds is 4. The molecule has 0 fully saturated rings. The first-order valence-corrected chi connectivity index (χ1v) is 6.54. The molecular weight excluding hydrogens is 295 g/mol. The van der Waals surface area contributed by atoms with Crippen molar-refractivity contribution in [3.63, 3.8) is 0 Å². The number of hydrogen-bond donors (Lipinski definition) is 1. The van der Waals surface area contributed by atoms with Crippen LogP contribution in [-0.2, 0) is 6.61 Å². The molecule has 0 aliphatic heterocycles. The average Bonchev–Trinajstić information content (AvgIpc) is 2.65. The number of halogens is 2. The van der Waals surface area contributed by atoms with Crippen molar-refractivity contribution < 1.29 is 14.6 Å². The third-order valence-electron chi connectivity index (χ3n) is 2.19. The van der Waals surface area contributed by atoms with Crippen molar-refractivity contribution in [3.05, 3.63) is 50.1 Å². The highest BCUT2D eigenvalue weighted by Gasteiger charge is 2.22. The number of aromatic carboxylic acids is 1. The number of carboxylic acid groups (broad SMARTS) is 1. The third kappa shape index (κ3) is 2.77. The lowest BCUT2D eigenvalue weighted by Gasteiger charge is -2.06. The highest BCUT2D eigenvalue weighted by Crippen LogP contribution is 2.43. The molecule has 3 nitrogen and oxygen atoms in total. The summed E-state index contributed by atoms with van der Waals surface area (Å²) in [6, 6.07) is 9.39. The third-order valence-corrected chi connectivity index (χ3v) is 4.13. The summed E-state index contributed by atoms with van der Waals surface area (Å²) in [7, 11) is 0. The summed E-state index contributed by atoms with van der Waals surface area (Å²) in [6.45, 7) is 0.244. The van der Waals surface area contributed by atoms with Crippen LogP contribution in [0.4, 0.5) is 0 Å². The predicted molar refractivity (Wildman–Crippen MR) is 72.1 cm³/mol. The fraction of sp³-hybridized carbons (Fsp3) is 0.0833. The molecule has 6 heteroatoms. The van der Waals surface area contributed by atoms with Crippen LogP contribution in [0.25, 0.3) is 0 Å². The SMILES string of the molecule is O=C(O)c1sc(Cl)c(Cl)c1OCc1ccccc1. The van der Waals surface area contributed by atoms with E-state index in [0.29, 0.717) is 0 Å². The lowest BCUT2D eigenvalue weighted by atomic mass is 10.2. The van der Waals surface area contributed by atoms with Crippen LogP contribution in [0.2, 0.25) is 9.36 Å². The first kappa shape index (κ1) is 13.2. The Labute approximate surface area is 118 Å². The van der Waals surface area contributed by atoms with Crippen LogP contribution in [-0.4, -0.2) is 11.1 Å². The Morgan fingerprint density at radius 2 is 1.94 bits per heavy atom. The smallest absolute Gasteiger partial charge is 0.349 e. The number of carbonyl (C=O) groups is 1. The lowest BCUT2D eigenvalue weighted by molar-refractivity contribution is 0.0697. The van der Waals surface area contributed by atoms with Gasteiger partial charge < -0.3 is 9.84 Å². The molecule has 1 N–H and O–H groups in total. The molecule has 1 aromatic heterocycles. The first-order valence-electron chi connectivity index (χ1n) is 4.97. The molecule has 0 saturated heterocycles. The van der Waals surface area contributed by atoms with E-state index in [1.165, 1.54) is 0 Å². The van der Waals surface area contributed by atoms with Gasteiger partial charge in [0.2, 0.25) is 0 Å². The van der Waals surface area contributed by atoms with Crippen molar-refractivity contribution in [3.8, 4) is 5.75 Å². The first-order chi connectivity index (χ1) is 8.59. The van der Waals surface area contributed by atoms with Crippen molar-refractivity contribution in [2.75, 3.05) is 0 Å². The number of hydrogen-bond acceptors (Lipinski definition) is 3. The molecule has 94 valence electrons. The molecule has 0 unspecified atom stereocenters. The average molecular weight is 303 g/mol. The predicted octanol–water partition coefficient (Wildman–Crippen LogP) is 4.33. The van der Waals surface area contributed by atoms with E-state index in [0.717, 1.165) is 16.9 Å². The molecule has 0 aliphatic rings. The molecule has 0 radical (unpaired) electrons. The van der Waals surface area contributed by atoms with Crippen molar-refractivity contribution in [1.82, 2.24) is 0 Å². The van der Waals surface area contributed by atoms with Gasteiger partial charge in [-0.3, -0.25) is 0 Å². The van der Waals surface area contributed by atoms with Crippen molar-refractivity contribution in [1.29, 1.82) is 0 Å². The molecule has 0 spiro atoms. The monoisotopic (exact) mass is 302 g/mol. The highest BCUT2D eigenvalue weighted by molar-refractivity contribution is 7.19. The number of carboxylic acids is 1. The van der Waals surface area contributed by atoms with Crippen LogP contribution in [0, 0.1) is 0 Å². The van der Waals surface area contributed by atoms with E-state index in [9.17, 15) is 4.79 Å². The minimum absolute atomic E-state index is 0.0148. The van der Waals surface area contributed by atoms with Crippen molar-refractivity contribution in [2.45, 2.75) is 6.61 Å². The van der Waals surface area contributed by atoms with Gasteiger partial charge in [-0.25, -0.2) is 4.79 Å². The van der Waals surface area contributed by atoms with Crippen molar-refractivity contribution >= 4 is 40.5 Å². The van der Waals surface area contributed by atoms with Gasteiger partial charge in [-0.05, 0) is 5.56 Å². The van der Waals surface area contributed by atoms with Crippen LogP contribution >= 0.6 is 34.5 Å². The van der Waals surface area contributed by atoms with Crippen molar-refractivity contribution in [2.24, 2.45) is 0 Å². The maximum Gasteiger partial charge on any atom is 0.349 e. The summed E-state index contributed by atoms with van der Waals surface area (Å²) in [4.78, 5) is 11.0. The van der Waals surface area contributed by atoms with E-state index in [-0.39, 0.29) is 26.6 Å². The Bertz CT molecular complexity index is 566. The van der Waals surface area contributed by atoms with Gasteiger partial charge in [0.1, 0.15) is 16.0 Å². The summed E-state index contributed by atoms with van der Waals surface area (Å²) >= 11 is 12.6. The van der Waals surface area contributed by atoms with Gasteiger partial charge in [-0.1, -0.05) is 53.5 Å². The fourth-order valence-corrected chi connectivity index (χ4v) is 2.71. The van der Waals surface area contributed by atoms with E-state index in [1.54, 1.807) is 0 Å². The zero-order valence-electron chi connectivity index (χ0n) is 9.02. The van der Waals surface area contributed by atoms with Gasteiger partial charge in [-0.2, -0.15) is 0 Å². The van der Waals surface area contributed by atoms with Crippen LogP contribution < -0.4 is 4.74 Å². The molecule has 0 aliphatic carbocycles. The van der Waals surface area contributed by atoms with Gasteiger partial charge in [0, 0.05) is 0 Å². The number of ether oxygens (including phenoxy) is 1. The normalized spacial score (nSPS) is 10.3. The van der Waals surface area contributed by atoms with Gasteiger partial charge in [-0.15, -0.1) is 11.3 Å². The van der Waals surface area contributed by atoms with E-state index in [2.05, 4.69) is 0 Å². The Balaban J connectivity index is 2.21. The van der Waals surface area contributed by atoms with Gasteiger partial charge in [0.25, 0.3) is 0 Å². The molecule has 18 heavy (non-hydrogen) atoms. The Morgan fingerprint density at radius 3 is 2.56 bits per heavy atom. The van der Waals surface area contributed by atoms with E-state index in [1.807, 2.05) is 30.3 Å². The molecule has 0 saturated carbocycles. The van der Waals surface area contributed by atoms with Crippen LogP contribution in [0.15, 0.2) is 30.3 Å². The molecule has 2 rings (SSSR count). The second kappa shape index (κ2) is 5.61. The summed E-state index contributed by atoms with van der Waals surface area (Å²) < 4.78 is 5.67. The summed E-state index contributed by atoms with van der Waals surface area (Å²) in [5.74, 6) is -0.972. The standard InChI is InChI=1S/C12H8Cl2O3S/c13-8-9(10(12(15)16)18-11(8)14)17-6-7-4-2-1-3-5-7/h1-5H,6H2,(H,15,16). The minimum Gasteiger partial charge on any atom is -0.485 e. The second-order valence-corrected chi connectivity index (χ2v) is 5.43. The summed E-state index contributed by atoms with van der Waals surface area (Å²) in [5, 5.41) is 9.16. The van der Waals surface area contributed by atoms with E-state index >= 15 is 0 Å². The minimum atomic E-state index is -1.10. The molecule has 1 heterocycles. The Morgan fingerprint density at radius 1 is 1.28 bits per heavy atom. The molecule has 2 aromatic rings. The van der Waals surface area contributed by atoms with E-state index in [4.69, 9.17) is 33.0 Å². The topological polar surface area (TPSA) is 46.5 Å². The zero-order chi connectivity index (χ0) is 13.1. The maximum absolute atomic E-state index is 11.0. The maximum atomic E-state index is 11.0. The Kier molecular flexibility index (Phi) is 4.11. The molecule has 0 atom stereocenters. The second-order valence-electron chi connectivity index (χ2n) is 3.43. The fourth-order valence-electron chi connectivity index (χ4n) is 1.37. The van der Waals surface area contributed by atoms with Crippen LogP contribution in [0.5, 0.6) is 5.75 Å². The van der Waals surface area contributed by atoms with Gasteiger partial charge >= 0.3 is 5.97 Å². The van der Waals surface area contributed by atoms with Gasteiger partial charge in [0.15, 0.2) is 10.6 Å². The zero-order valence-corrected chi connectivity index (χ0v) is 11.4. The molecule has 0 bridgehead atoms. The highest BCUT2D eigenvalue weighted by atomic mass is 35.5. The van der Waals surface area contributed by atoms with Crippen LogP contribution in [0.3, 0.4) is 0 Å². The lowest BCUT2D eigenvalue weighted by Crippen LogP contribution is -2.00.